The van der Waals surface area contributed by atoms with E-state index < -0.39 is 43.0 Å². The summed E-state index contributed by atoms with van der Waals surface area (Å²) in [5.41, 5.74) is 3.43. The molecule has 11 rings (SSSR count). The van der Waals surface area contributed by atoms with Crippen molar-refractivity contribution in [2.75, 3.05) is 87.4 Å². The van der Waals surface area contributed by atoms with Gasteiger partial charge in [-0.15, -0.1) is 0 Å². The average molecular weight is 991 g/mol. The molecule has 2 saturated heterocycles. The van der Waals surface area contributed by atoms with E-state index >= 15 is 0 Å². The minimum atomic E-state index is -4.63. The number of piperazine rings is 1. The summed E-state index contributed by atoms with van der Waals surface area (Å²) in [7, 11) is -4.63. The number of halogens is 3. The topological polar surface area (TPSA) is 185 Å². The zero-order chi connectivity index (χ0) is 49.1. The fourth-order valence-electron chi connectivity index (χ4n) is 11.8. The lowest BCUT2D eigenvalue weighted by molar-refractivity contribution is -0.384. The zero-order valence-corrected chi connectivity index (χ0v) is 40.5. The number of H-pyrrole nitrogens is 1. The van der Waals surface area contributed by atoms with Gasteiger partial charge in [-0.3, -0.25) is 19.8 Å². The Morgan fingerprint density at radius 2 is 1.71 bits per heavy atom. The molecule has 0 spiro atoms. The van der Waals surface area contributed by atoms with Crippen LogP contribution < -0.4 is 24.6 Å². The number of hydrogen-bond donors (Lipinski definition) is 3. The number of aromatic amines is 1. The van der Waals surface area contributed by atoms with Crippen LogP contribution in [-0.4, -0.2) is 119 Å². The zero-order valence-electron chi connectivity index (χ0n) is 39.7. The number of alkyl halides is 3. The van der Waals surface area contributed by atoms with Gasteiger partial charge in [-0.2, -0.15) is 18.2 Å². The number of anilines is 4. The quantitative estimate of drug-likeness (QED) is 0.0696. The molecule has 3 saturated carbocycles. The molecule has 5 fully saturated rings. The van der Waals surface area contributed by atoms with Gasteiger partial charge >= 0.3 is 6.18 Å². The number of carbonyl (C=O) groups excluding carboxylic acids is 1. The Labute approximate surface area is 405 Å². The minimum Gasteiger partial charge on any atom is -0.476 e. The highest BCUT2D eigenvalue weighted by atomic mass is 32.2. The van der Waals surface area contributed by atoms with Crippen molar-refractivity contribution < 1.29 is 45.5 Å². The fraction of sp³-hybridized carbons (Fsp3) is 0.560. The lowest BCUT2D eigenvalue weighted by Gasteiger charge is -2.57. The van der Waals surface area contributed by atoms with E-state index in [-0.39, 0.29) is 54.0 Å². The number of nitrogens with zero attached hydrogens (tertiary/aromatic N) is 5. The van der Waals surface area contributed by atoms with Gasteiger partial charge in [-0.1, -0.05) is 25.0 Å². The monoisotopic (exact) mass is 990 g/mol. The standard InChI is InChI=1S/C50H61F3N8O8S/c1-47(2)10-8-34(39(29-47)48-11-14-49(15-12-48,16-13-48)50(51,52)53)31-58-19-21-59(22-20-58)35-4-6-38(41(27-35)60-18-3-23-69-46-43(60)26-33-9-17-54-44(33)56-46)45(62)57-70(65,66)37-5-7-40(42(28-37)61(63)64)55-30-36-32-67-24-25-68-36/h4-7,9,17,26-28,36,55H,3,8,10-16,18-25,29-32H2,1-2H3,(H,54,56)(H,57,62)/t36-,48?,49?/m0/s1. The molecule has 4 aliphatic carbocycles. The second-order valence-electron chi connectivity index (χ2n) is 20.8. The maximum atomic E-state index is 14.4. The first-order valence-corrected chi connectivity index (χ1v) is 26.0. The number of amides is 1. The molecule has 16 nitrogen and oxygen atoms in total. The maximum absolute atomic E-state index is 14.4. The van der Waals surface area contributed by atoms with Crippen molar-refractivity contribution in [2.45, 2.75) is 95.2 Å². The molecule has 1 amide bonds. The summed E-state index contributed by atoms with van der Waals surface area (Å²) in [4.78, 5) is 40.0. The summed E-state index contributed by atoms with van der Waals surface area (Å²) in [5, 5.41) is 16.0. The van der Waals surface area contributed by atoms with E-state index in [0.29, 0.717) is 94.6 Å². The van der Waals surface area contributed by atoms with Crippen molar-refractivity contribution in [3.63, 3.8) is 0 Å². The van der Waals surface area contributed by atoms with Gasteiger partial charge in [-0.05, 0) is 118 Å². The molecule has 20 heteroatoms. The van der Waals surface area contributed by atoms with Crippen LogP contribution in [0, 0.1) is 26.4 Å². The van der Waals surface area contributed by atoms with E-state index in [1.807, 2.05) is 29.2 Å². The molecule has 2 bridgehead atoms. The number of sulfonamides is 1. The Balaban J connectivity index is 0.907. The summed E-state index contributed by atoms with van der Waals surface area (Å²) in [6, 6.07) is 12.6. The molecule has 2 aromatic heterocycles. The molecule has 4 aromatic rings. The summed E-state index contributed by atoms with van der Waals surface area (Å²) in [6.45, 7) is 10.3. The maximum Gasteiger partial charge on any atom is 0.394 e. The number of nitro groups is 1. The number of fused-ring (bicyclic) bond motifs is 5. The number of pyridine rings is 1. The third-order valence-corrected chi connectivity index (χ3v) is 17.3. The van der Waals surface area contributed by atoms with Crippen LogP contribution in [0.15, 0.2) is 70.8 Å². The largest absolute Gasteiger partial charge is 0.476 e. The van der Waals surface area contributed by atoms with Crippen LogP contribution >= 0.6 is 0 Å². The second-order valence-corrected chi connectivity index (χ2v) is 22.5. The van der Waals surface area contributed by atoms with Crippen molar-refractivity contribution in [3.8, 4) is 5.88 Å². The van der Waals surface area contributed by atoms with Gasteiger partial charge in [0.05, 0.1) is 59.0 Å². The van der Waals surface area contributed by atoms with E-state index in [4.69, 9.17) is 19.2 Å². The van der Waals surface area contributed by atoms with E-state index in [1.165, 1.54) is 23.3 Å². The Morgan fingerprint density at radius 1 is 0.943 bits per heavy atom. The molecule has 0 unspecified atom stereocenters. The fourth-order valence-corrected chi connectivity index (χ4v) is 12.8. The third kappa shape index (κ3) is 9.43. The number of ether oxygens (including phenoxy) is 3. The molecular weight excluding hydrogens is 930 g/mol. The highest BCUT2D eigenvalue weighted by Crippen LogP contribution is 2.66. The number of nitrogens with one attached hydrogen (secondary N) is 3. The molecule has 3 N–H and O–H groups in total. The molecule has 376 valence electrons. The average Bonchev–Trinajstić information content (AvgIpc) is 3.71. The predicted octanol–water partition coefficient (Wildman–Crippen LogP) is 8.87. The van der Waals surface area contributed by atoms with Gasteiger partial charge in [0.2, 0.25) is 5.88 Å². The molecular formula is C50H61F3N8O8S. The van der Waals surface area contributed by atoms with Crippen molar-refractivity contribution in [2.24, 2.45) is 16.2 Å². The Hall–Kier alpha value is -5.44. The Bertz CT molecular complexity index is 2780. The smallest absolute Gasteiger partial charge is 0.394 e. The van der Waals surface area contributed by atoms with Crippen LogP contribution in [0.5, 0.6) is 5.88 Å². The Kier molecular flexibility index (Phi) is 12.8. The van der Waals surface area contributed by atoms with Crippen LogP contribution in [0.2, 0.25) is 0 Å². The Morgan fingerprint density at radius 3 is 2.43 bits per heavy atom. The number of hydrogen-bond acceptors (Lipinski definition) is 13. The van der Waals surface area contributed by atoms with Crippen molar-refractivity contribution in [3.05, 3.63) is 81.6 Å². The number of nitro benzene ring substituents is 1. The first-order chi connectivity index (χ1) is 33.4. The number of aromatic nitrogens is 2. The minimum absolute atomic E-state index is 0.0624. The highest BCUT2D eigenvalue weighted by Gasteiger charge is 2.62. The van der Waals surface area contributed by atoms with E-state index in [1.54, 1.807) is 12.3 Å². The summed E-state index contributed by atoms with van der Waals surface area (Å²) < 4.78 is 90.1. The van der Waals surface area contributed by atoms with Crippen molar-refractivity contribution in [1.29, 1.82) is 0 Å². The molecule has 3 aliphatic heterocycles. The van der Waals surface area contributed by atoms with Gasteiger partial charge < -0.3 is 34.3 Å². The van der Waals surface area contributed by atoms with Crippen LogP contribution in [0.25, 0.3) is 11.0 Å². The van der Waals surface area contributed by atoms with Gasteiger partial charge in [0, 0.05) is 69.2 Å². The van der Waals surface area contributed by atoms with Gasteiger partial charge in [0.25, 0.3) is 21.6 Å². The molecule has 70 heavy (non-hydrogen) atoms. The summed E-state index contributed by atoms with van der Waals surface area (Å²) in [6.07, 6.45) is 3.26. The molecule has 2 aromatic carbocycles. The summed E-state index contributed by atoms with van der Waals surface area (Å²) in [5.74, 6) is -0.568. The summed E-state index contributed by atoms with van der Waals surface area (Å²) >= 11 is 0. The highest BCUT2D eigenvalue weighted by molar-refractivity contribution is 7.90. The van der Waals surface area contributed by atoms with E-state index in [9.17, 15) is 36.5 Å². The number of allylic oxidation sites excluding steroid dienone is 1. The van der Waals surface area contributed by atoms with Crippen molar-refractivity contribution in [1.82, 2.24) is 19.6 Å². The van der Waals surface area contributed by atoms with Crippen LogP contribution in [-0.2, 0) is 19.5 Å². The normalized spacial score (nSPS) is 25.3. The van der Waals surface area contributed by atoms with Crippen LogP contribution in [0.4, 0.5) is 41.6 Å². The van der Waals surface area contributed by atoms with Gasteiger partial charge in [-0.25, -0.2) is 13.1 Å². The predicted molar refractivity (Wildman–Crippen MR) is 258 cm³/mol. The lowest BCUT2D eigenvalue weighted by atomic mass is 9.49. The second kappa shape index (κ2) is 18.6. The number of carbonyl (C=O) groups is 1. The molecule has 0 radical (unpaired) electrons. The van der Waals surface area contributed by atoms with Gasteiger partial charge in [0.15, 0.2) is 0 Å². The first-order valence-electron chi connectivity index (χ1n) is 24.5. The van der Waals surface area contributed by atoms with Crippen molar-refractivity contribution >= 4 is 55.4 Å². The van der Waals surface area contributed by atoms with Gasteiger partial charge in [0.1, 0.15) is 17.0 Å². The first kappa shape index (κ1) is 48.2. The van der Waals surface area contributed by atoms with E-state index in [2.05, 4.69) is 38.7 Å². The van der Waals surface area contributed by atoms with E-state index in [0.717, 1.165) is 56.0 Å². The molecule has 1 atom stereocenters. The number of rotatable bonds is 12. The SMILES string of the molecule is CC1(C)CCC(CN2CCN(c3ccc(C(=O)NS(=O)(=O)c4ccc(NC[C@H]5COCCO5)c([N+](=O)[O-])c4)c(N4CCCOc5nc6[nH]ccc6cc54)c3)CC2)=C(C23CCC(C(F)(F)F)(CC2)CC3)C1. The molecule has 5 heterocycles. The third-order valence-electron chi connectivity index (χ3n) is 16.0. The van der Waals surface area contributed by atoms with Crippen LogP contribution in [0.3, 0.4) is 0 Å². The lowest BCUT2D eigenvalue weighted by Crippen LogP contribution is -2.51. The number of benzene rings is 2. The van der Waals surface area contributed by atoms with Crippen LogP contribution in [0.1, 0.15) is 88.4 Å². The molecule has 7 aliphatic rings.